The number of nitrogens with one attached hydrogen (secondary N) is 1. The molecule has 1 saturated heterocycles. The first-order chi connectivity index (χ1) is 10.5. The smallest absolute Gasteiger partial charge is 0.257 e. The van der Waals surface area contributed by atoms with Gasteiger partial charge in [0.25, 0.3) is 11.8 Å². The summed E-state index contributed by atoms with van der Waals surface area (Å²) >= 11 is 0. The first-order valence-electron chi connectivity index (χ1n) is 7.72. The molecule has 1 aromatic rings. The summed E-state index contributed by atoms with van der Waals surface area (Å²) in [5, 5.41) is 2.91. The fourth-order valence-corrected chi connectivity index (χ4v) is 3.06. The maximum absolute atomic E-state index is 12.3. The van der Waals surface area contributed by atoms with Crippen molar-refractivity contribution in [2.75, 3.05) is 13.1 Å². The Kier molecular flexibility index (Phi) is 3.76. The normalized spacial score (nSPS) is 20.4. The maximum Gasteiger partial charge on any atom is 0.257 e. The number of nitrogens with zero attached hydrogens (tertiary/aromatic N) is 2. The number of hydrogen-bond acceptors (Lipinski definition) is 4. The van der Waals surface area contributed by atoms with Gasteiger partial charge in [-0.15, -0.1) is 0 Å². The highest BCUT2D eigenvalue weighted by Crippen LogP contribution is 2.31. The first kappa shape index (κ1) is 14.8. The minimum absolute atomic E-state index is 0.0152. The lowest BCUT2D eigenvalue weighted by Gasteiger charge is -2.35. The highest BCUT2D eigenvalue weighted by Gasteiger charge is 2.46. The van der Waals surface area contributed by atoms with Crippen LogP contribution in [0.15, 0.2) is 28.0 Å². The number of amidine groups is 1. The quantitative estimate of drug-likeness (QED) is 0.925. The number of rotatable bonds is 3. The molecule has 0 aromatic carbocycles. The van der Waals surface area contributed by atoms with E-state index in [2.05, 4.69) is 24.2 Å². The van der Waals surface area contributed by atoms with Crippen LogP contribution in [0, 0.1) is 5.92 Å². The van der Waals surface area contributed by atoms with Crippen LogP contribution in [0.2, 0.25) is 0 Å². The van der Waals surface area contributed by atoms with E-state index in [1.165, 1.54) is 12.5 Å². The molecule has 3 rings (SSSR count). The molecule has 118 valence electrons. The van der Waals surface area contributed by atoms with Gasteiger partial charge in [-0.25, -0.2) is 0 Å². The Balaban J connectivity index is 1.67. The van der Waals surface area contributed by atoms with Crippen LogP contribution in [0.3, 0.4) is 0 Å². The van der Waals surface area contributed by atoms with Crippen LogP contribution >= 0.6 is 0 Å². The zero-order chi connectivity index (χ0) is 15.7. The van der Waals surface area contributed by atoms with Crippen molar-refractivity contribution in [3.63, 3.8) is 0 Å². The molecule has 3 heterocycles. The summed E-state index contributed by atoms with van der Waals surface area (Å²) in [5.41, 5.74) is -0.118. The minimum atomic E-state index is -0.669. The summed E-state index contributed by atoms with van der Waals surface area (Å²) in [5.74, 6) is 1.18. The lowest BCUT2D eigenvalue weighted by molar-refractivity contribution is -0.125. The van der Waals surface area contributed by atoms with E-state index in [-0.39, 0.29) is 11.8 Å². The Labute approximate surface area is 129 Å². The van der Waals surface area contributed by atoms with E-state index in [9.17, 15) is 9.59 Å². The van der Waals surface area contributed by atoms with E-state index in [1.54, 1.807) is 11.0 Å². The molecule has 2 aliphatic rings. The second-order valence-corrected chi connectivity index (χ2v) is 6.45. The molecule has 0 aliphatic carbocycles. The molecule has 6 heteroatoms. The molecule has 0 radical (unpaired) electrons. The van der Waals surface area contributed by atoms with Gasteiger partial charge in [0.1, 0.15) is 17.6 Å². The number of carbonyl (C=O) groups is 2. The van der Waals surface area contributed by atoms with Crippen molar-refractivity contribution in [2.24, 2.45) is 10.9 Å². The average molecular weight is 303 g/mol. The van der Waals surface area contributed by atoms with Crippen LogP contribution in [0.1, 0.15) is 43.5 Å². The summed E-state index contributed by atoms with van der Waals surface area (Å²) in [6, 6.07) is 1.66. The molecular formula is C16H21N3O3. The largest absolute Gasteiger partial charge is 0.472 e. The third-order valence-corrected chi connectivity index (χ3v) is 4.28. The Morgan fingerprint density at radius 3 is 2.77 bits per heavy atom. The second-order valence-electron chi connectivity index (χ2n) is 6.45. The molecule has 0 atom stereocenters. The monoisotopic (exact) mass is 303 g/mol. The Morgan fingerprint density at radius 1 is 1.45 bits per heavy atom. The second kappa shape index (κ2) is 5.59. The fraction of sp³-hybridized carbons (Fsp3) is 0.562. The predicted octanol–water partition coefficient (Wildman–Crippen LogP) is 1.83. The Hall–Kier alpha value is -2.11. The van der Waals surface area contributed by atoms with Gasteiger partial charge in [-0.3, -0.25) is 14.6 Å². The van der Waals surface area contributed by atoms with E-state index in [4.69, 9.17) is 4.42 Å². The molecule has 2 aliphatic heterocycles. The van der Waals surface area contributed by atoms with Gasteiger partial charge in [-0.2, -0.15) is 0 Å². The molecule has 0 unspecified atom stereocenters. The Morgan fingerprint density at radius 2 is 2.18 bits per heavy atom. The molecular weight excluding hydrogens is 282 g/mol. The van der Waals surface area contributed by atoms with Gasteiger partial charge in [0, 0.05) is 19.5 Å². The van der Waals surface area contributed by atoms with Crippen LogP contribution in [-0.4, -0.2) is 41.2 Å². The summed E-state index contributed by atoms with van der Waals surface area (Å²) < 4.78 is 4.95. The zero-order valence-corrected chi connectivity index (χ0v) is 13.0. The summed E-state index contributed by atoms with van der Waals surface area (Å²) in [6.07, 6.45) is 4.87. The van der Waals surface area contributed by atoms with Crippen molar-refractivity contribution in [1.82, 2.24) is 10.2 Å². The van der Waals surface area contributed by atoms with Gasteiger partial charge in [-0.05, 0) is 24.8 Å². The van der Waals surface area contributed by atoms with E-state index < -0.39 is 5.54 Å². The summed E-state index contributed by atoms with van der Waals surface area (Å²) in [7, 11) is 0. The van der Waals surface area contributed by atoms with E-state index in [0.29, 0.717) is 37.4 Å². The predicted molar refractivity (Wildman–Crippen MR) is 81.6 cm³/mol. The van der Waals surface area contributed by atoms with Crippen LogP contribution in [-0.2, 0) is 4.79 Å². The van der Waals surface area contributed by atoms with Gasteiger partial charge < -0.3 is 14.6 Å². The highest BCUT2D eigenvalue weighted by atomic mass is 16.3. The molecule has 6 nitrogen and oxygen atoms in total. The van der Waals surface area contributed by atoms with Crippen molar-refractivity contribution in [3.8, 4) is 0 Å². The van der Waals surface area contributed by atoms with Gasteiger partial charge in [0.05, 0.1) is 11.8 Å². The number of likely N-dealkylation sites (tertiary alicyclic amines) is 1. The van der Waals surface area contributed by atoms with Gasteiger partial charge >= 0.3 is 0 Å². The SMILES string of the molecule is CC(C)CC1=NC2(CCN(C(=O)c3ccoc3)CC2)C(=O)N1. The lowest BCUT2D eigenvalue weighted by atomic mass is 9.88. The molecule has 0 saturated carbocycles. The number of amides is 2. The molecule has 1 fully saturated rings. The highest BCUT2D eigenvalue weighted by molar-refractivity contribution is 6.08. The molecule has 0 bridgehead atoms. The van der Waals surface area contributed by atoms with Crippen LogP contribution in [0.25, 0.3) is 0 Å². The topological polar surface area (TPSA) is 74.9 Å². The van der Waals surface area contributed by atoms with E-state index >= 15 is 0 Å². The third kappa shape index (κ3) is 2.65. The van der Waals surface area contributed by atoms with E-state index in [0.717, 1.165) is 12.3 Å². The van der Waals surface area contributed by atoms with Crippen molar-refractivity contribution >= 4 is 17.6 Å². The minimum Gasteiger partial charge on any atom is -0.472 e. The number of hydrogen-bond donors (Lipinski definition) is 1. The van der Waals surface area contributed by atoms with Gasteiger partial charge in [0.2, 0.25) is 0 Å². The molecule has 22 heavy (non-hydrogen) atoms. The summed E-state index contributed by atoms with van der Waals surface area (Å²) in [4.78, 5) is 31.0. The van der Waals surface area contributed by atoms with Crippen molar-refractivity contribution < 1.29 is 14.0 Å². The zero-order valence-electron chi connectivity index (χ0n) is 13.0. The fourth-order valence-electron chi connectivity index (χ4n) is 3.06. The Bertz CT molecular complexity index is 596. The lowest BCUT2D eigenvalue weighted by Crippen LogP contribution is -2.50. The van der Waals surface area contributed by atoms with Crippen molar-refractivity contribution in [3.05, 3.63) is 24.2 Å². The average Bonchev–Trinajstić information content (AvgIpc) is 3.08. The molecule has 1 N–H and O–H groups in total. The van der Waals surface area contributed by atoms with E-state index in [1.807, 2.05) is 0 Å². The number of aliphatic imine (C=N–C) groups is 1. The van der Waals surface area contributed by atoms with Crippen molar-refractivity contribution in [2.45, 2.75) is 38.6 Å². The number of piperidine rings is 1. The summed E-state index contributed by atoms with van der Waals surface area (Å²) in [6.45, 7) is 5.28. The maximum atomic E-state index is 12.3. The number of furan rings is 1. The molecule has 1 aromatic heterocycles. The standard InChI is InChI=1S/C16H21N3O3/c1-11(2)9-13-17-15(21)16(18-13)4-6-19(7-5-16)14(20)12-3-8-22-10-12/h3,8,10-11H,4-7,9H2,1-2H3,(H,17,18,21). The van der Waals surface area contributed by atoms with Crippen molar-refractivity contribution in [1.29, 1.82) is 0 Å². The van der Waals surface area contributed by atoms with Crippen LogP contribution in [0.5, 0.6) is 0 Å². The molecule has 2 amide bonds. The van der Waals surface area contributed by atoms with Gasteiger partial charge in [0.15, 0.2) is 0 Å². The van der Waals surface area contributed by atoms with Gasteiger partial charge in [-0.1, -0.05) is 13.8 Å². The van der Waals surface area contributed by atoms with Crippen LogP contribution in [0.4, 0.5) is 0 Å². The third-order valence-electron chi connectivity index (χ3n) is 4.28. The molecule has 1 spiro atoms. The number of carbonyl (C=O) groups excluding carboxylic acids is 2. The first-order valence-corrected chi connectivity index (χ1v) is 7.72. The van der Waals surface area contributed by atoms with Crippen LogP contribution < -0.4 is 5.32 Å².